The van der Waals surface area contributed by atoms with E-state index in [1.807, 2.05) is 6.92 Å². The highest BCUT2D eigenvalue weighted by molar-refractivity contribution is 7.86. The third-order valence-electron chi connectivity index (χ3n) is 3.84. The molecular formula is C12H25N3O3S. The summed E-state index contributed by atoms with van der Waals surface area (Å²) < 4.78 is 33.5. The molecule has 1 unspecified atom stereocenters. The fraction of sp³-hybridized carbons (Fsp3) is 1.00. The summed E-state index contributed by atoms with van der Waals surface area (Å²) in [5, 5.41) is 3.34. The van der Waals surface area contributed by atoms with E-state index in [4.69, 9.17) is 4.74 Å². The lowest BCUT2D eigenvalue weighted by Gasteiger charge is -2.34. The summed E-state index contributed by atoms with van der Waals surface area (Å²) in [4.78, 5) is 0. The van der Waals surface area contributed by atoms with Crippen molar-refractivity contribution < 1.29 is 13.2 Å². The largest absolute Gasteiger partial charge is 0.379 e. The maximum Gasteiger partial charge on any atom is 0.282 e. The number of piperidine rings is 1. The maximum atomic E-state index is 12.6. The first-order valence-electron chi connectivity index (χ1n) is 7.18. The molecule has 2 heterocycles. The Labute approximate surface area is 116 Å². The van der Waals surface area contributed by atoms with Crippen LogP contribution in [0.5, 0.6) is 0 Å². The van der Waals surface area contributed by atoms with Gasteiger partial charge in [0.15, 0.2) is 0 Å². The second-order valence-electron chi connectivity index (χ2n) is 5.18. The van der Waals surface area contributed by atoms with Crippen molar-refractivity contribution in [3.05, 3.63) is 0 Å². The number of rotatable bonds is 5. The second kappa shape index (κ2) is 6.99. The molecule has 0 bridgehead atoms. The Balaban J connectivity index is 1.98. The van der Waals surface area contributed by atoms with Gasteiger partial charge in [-0.3, -0.25) is 0 Å². The lowest BCUT2D eigenvalue weighted by atomic mass is 10.00. The smallest absolute Gasteiger partial charge is 0.282 e. The molecule has 2 saturated heterocycles. The molecule has 0 aromatic carbocycles. The summed E-state index contributed by atoms with van der Waals surface area (Å²) in [6.45, 7) is 7.01. The normalized spacial score (nSPS) is 26.7. The van der Waals surface area contributed by atoms with Crippen LogP contribution in [0.2, 0.25) is 0 Å². The molecule has 6 nitrogen and oxygen atoms in total. The predicted molar refractivity (Wildman–Crippen MR) is 74.2 cm³/mol. The van der Waals surface area contributed by atoms with Crippen molar-refractivity contribution in [3.63, 3.8) is 0 Å². The van der Waals surface area contributed by atoms with Gasteiger partial charge in [-0.15, -0.1) is 0 Å². The van der Waals surface area contributed by atoms with Crippen molar-refractivity contribution in [1.29, 1.82) is 0 Å². The number of hydrogen-bond acceptors (Lipinski definition) is 4. The van der Waals surface area contributed by atoms with Crippen molar-refractivity contribution in [1.82, 2.24) is 13.9 Å². The number of nitrogens with zero attached hydrogens (tertiary/aromatic N) is 2. The van der Waals surface area contributed by atoms with E-state index < -0.39 is 10.2 Å². The Bertz CT molecular complexity index is 362. The molecular weight excluding hydrogens is 266 g/mol. The minimum atomic E-state index is -3.31. The highest BCUT2D eigenvalue weighted by Crippen LogP contribution is 2.17. The molecule has 1 N–H and O–H groups in total. The van der Waals surface area contributed by atoms with E-state index in [1.165, 1.54) is 0 Å². The first-order valence-corrected chi connectivity index (χ1v) is 8.58. The zero-order chi connectivity index (χ0) is 13.7. The second-order valence-corrected chi connectivity index (χ2v) is 7.11. The summed E-state index contributed by atoms with van der Waals surface area (Å²) in [5.41, 5.74) is 0. The van der Waals surface area contributed by atoms with Gasteiger partial charge in [-0.1, -0.05) is 6.92 Å². The molecule has 2 aliphatic heterocycles. The Morgan fingerprint density at radius 3 is 2.68 bits per heavy atom. The predicted octanol–water partition coefficient (Wildman–Crippen LogP) is -0.115. The number of nitrogens with one attached hydrogen (secondary N) is 1. The van der Waals surface area contributed by atoms with E-state index in [0.717, 1.165) is 25.9 Å². The van der Waals surface area contributed by atoms with Gasteiger partial charge in [0, 0.05) is 26.2 Å². The van der Waals surface area contributed by atoms with Crippen LogP contribution in [-0.2, 0) is 14.9 Å². The van der Waals surface area contributed by atoms with Crippen LogP contribution < -0.4 is 5.32 Å². The van der Waals surface area contributed by atoms with Crippen molar-refractivity contribution >= 4 is 10.2 Å². The lowest BCUT2D eigenvalue weighted by Crippen LogP contribution is -2.50. The van der Waals surface area contributed by atoms with E-state index >= 15 is 0 Å². The first kappa shape index (κ1) is 15.2. The number of hydrogen-bond donors (Lipinski definition) is 1. The van der Waals surface area contributed by atoms with Gasteiger partial charge in [-0.2, -0.15) is 17.0 Å². The molecule has 112 valence electrons. The van der Waals surface area contributed by atoms with Crippen LogP contribution in [0.1, 0.15) is 19.8 Å². The number of morpholine rings is 1. The lowest BCUT2D eigenvalue weighted by molar-refractivity contribution is 0.0698. The SMILES string of the molecule is CCN(CC1CCCNC1)S(=O)(=O)N1CCOCC1. The highest BCUT2D eigenvalue weighted by atomic mass is 32.2. The van der Waals surface area contributed by atoms with Crippen LogP contribution in [0.4, 0.5) is 0 Å². The Kier molecular flexibility index (Phi) is 5.58. The first-order chi connectivity index (χ1) is 9.14. The molecule has 0 spiro atoms. The summed E-state index contributed by atoms with van der Waals surface area (Å²) in [7, 11) is -3.31. The standard InChI is InChI=1S/C12H25N3O3S/c1-2-14(11-12-4-3-5-13-10-12)19(16,17)15-6-8-18-9-7-15/h12-13H,2-11H2,1H3. The number of ether oxygens (including phenoxy) is 1. The van der Waals surface area contributed by atoms with Crippen molar-refractivity contribution in [3.8, 4) is 0 Å². The quantitative estimate of drug-likeness (QED) is 0.767. The average Bonchev–Trinajstić information content (AvgIpc) is 2.46. The van der Waals surface area contributed by atoms with Crippen LogP contribution in [0, 0.1) is 5.92 Å². The van der Waals surface area contributed by atoms with Crippen LogP contribution >= 0.6 is 0 Å². The Morgan fingerprint density at radius 2 is 2.11 bits per heavy atom. The summed E-state index contributed by atoms with van der Waals surface area (Å²) in [6, 6.07) is 0. The van der Waals surface area contributed by atoms with Gasteiger partial charge in [0.2, 0.25) is 0 Å². The third-order valence-corrected chi connectivity index (χ3v) is 5.91. The molecule has 0 aromatic heterocycles. The van der Waals surface area contributed by atoms with Crippen LogP contribution in [0.15, 0.2) is 0 Å². The molecule has 0 aliphatic carbocycles. The fourth-order valence-corrected chi connectivity index (χ4v) is 4.36. The maximum absolute atomic E-state index is 12.6. The van der Waals surface area contributed by atoms with E-state index in [2.05, 4.69) is 5.32 Å². The third kappa shape index (κ3) is 3.88. The molecule has 7 heteroatoms. The Morgan fingerprint density at radius 1 is 1.37 bits per heavy atom. The van der Waals surface area contributed by atoms with E-state index in [1.54, 1.807) is 8.61 Å². The fourth-order valence-electron chi connectivity index (χ4n) is 2.69. The van der Waals surface area contributed by atoms with E-state index in [9.17, 15) is 8.42 Å². The summed E-state index contributed by atoms with van der Waals surface area (Å²) in [5.74, 6) is 0.435. The van der Waals surface area contributed by atoms with Crippen LogP contribution in [0.3, 0.4) is 0 Å². The monoisotopic (exact) mass is 291 g/mol. The van der Waals surface area contributed by atoms with Crippen LogP contribution in [-0.4, -0.2) is 69.5 Å². The minimum absolute atomic E-state index is 0.435. The average molecular weight is 291 g/mol. The molecule has 19 heavy (non-hydrogen) atoms. The highest BCUT2D eigenvalue weighted by Gasteiger charge is 2.31. The Hall–Kier alpha value is -0.210. The molecule has 0 aromatic rings. The van der Waals surface area contributed by atoms with E-state index in [0.29, 0.717) is 45.3 Å². The molecule has 0 saturated carbocycles. The van der Waals surface area contributed by atoms with Gasteiger partial charge < -0.3 is 10.1 Å². The van der Waals surface area contributed by atoms with Gasteiger partial charge in [0.25, 0.3) is 10.2 Å². The zero-order valence-corrected chi connectivity index (χ0v) is 12.5. The molecule has 2 rings (SSSR count). The van der Waals surface area contributed by atoms with E-state index in [-0.39, 0.29) is 0 Å². The van der Waals surface area contributed by atoms with Crippen molar-refractivity contribution in [2.24, 2.45) is 5.92 Å². The topological polar surface area (TPSA) is 61.9 Å². The minimum Gasteiger partial charge on any atom is -0.379 e. The van der Waals surface area contributed by atoms with Gasteiger partial charge in [-0.25, -0.2) is 0 Å². The van der Waals surface area contributed by atoms with Gasteiger partial charge in [0.1, 0.15) is 0 Å². The zero-order valence-electron chi connectivity index (χ0n) is 11.7. The van der Waals surface area contributed by atoms with Crippen molar-refractivity contribution in [2.75, 3.05) is 52.5 Å². The van der Waals surface area contributed by atoms with Crippen molar-refractivity contribution in [2.45, 2.75) is 19.8 Å². The molecule has 2 aliphatic rings. The summed E-state index contributed by atoms with van der Waals surface area (Å²) >= 11 is 0. The molecule has 0 amide bonds. The molecule has 2 fully saturated rings. The van der Waals surface area contributed by atoms with Crippen LogP contribution in [0.25, 0.3) is 0 Å². The van der Waals surface area contributed by atoms with Gasteiger partial charge >= 0.3 is 0 Å². The molecule has 1 atom stereocenters. The van der Waals surface area contributed by atoms with Gasteiger partial charge in [-0.05, 0) is 31.8 Å². The summed E-state index contributed by atoms with van der Waals surface area (Å²) in [6.07, 6.45) is 2.25. The van der Waals surface area contributed by atoms with Gasteiger partial charge in [0.05, 0.1) is 13.2 Å². The molecule has 0 radical (unpaired) electrons.